The average molecular weight is 486 g/mol. The summed E-state index contributed by atoms with van der Waals surface area (Å²) in [6, 6.07) is 5.55. The number of rotatable bonds is 5. The molecule has 13 heteroatoms. The van der Waals surface area contributed by atoms with E-state index in [1.165, 1.54) is 0 Å². The number of pyridine rings is 1. The third kappa shape index (κ3) is 6.59. The van der Waals surface area contributed by atoms with Gasteiger partial charge in [-0.3, -0.25) is 4.79 Å². The second kappa shape index (κ2) is 11.2. The van der Waals surface area contributed by atoms with Crippen molar-refractivity contribution >= 4 is 23.4 Å². The van der Waals surface area contributed by atoms with E-state index in [0.717, 1.165) is 30.7 Å². The number of likely N-dealkylation sites (N-methyl/N-ethyl adjacent to an activating group) is 1. The van der Waals surface area contributed by atoms with Gasteiger partial charge in [-0.05, 0) is 39.1 Å². The lowest BCUT2D eigenvalue weighted by atomic mass is 10.2. The van der Waals surface area contributed by atoms with E-state index in [0.29, 0.717) is 18.8 Å². The zero-order chi connectivity index (χ0) is 25.6. The predicted molar refractivity (Wildman–Crippen MR) is 118 cm³/mol. The summed E-state index contributed by atoms with van der Waals surface area (Å²) in [5, 5.41) is 10.1. The molecule has 2 aromatic rings. The summed E-state index contributed by atoms with van der Waals surface area (Å²) in [6.07, 6.45) is -1.41. The number of aliphatic carboxylic acids is 1. The number of fused-ring (bicyclic) bond motifs is 1. The summed E-state index contributed by atoms with van der Waals surface area (Å²) in [4.78, 5) is 44.3. The highest BCUT2D eigenvalue weighted by Crippen LogP contribution is 2.33. The number of amides is 3. The predicted octanol–water partition coefficient (Wildman–Crippen LogP) is 2.08. The van der Waals surface area contributed by atoms with Gasteiger partial charge in [-0.2, -0.15) is 13.2 Å². The van der Waals surface area contributed by atoms with Crippen LogP contribution in [0.3, 0.4) is 0 Å². The SMILES string of the molecule is CN(C)CCNC(=O)c1nc(C2CCCN2C(=O)N(C)C)n2ccccc12.O=C(O)C(F)(F)F. The Kier molecular flexibility index (Phi) is 8.85. The summed E-state index contributed by atoms with van der Waals surface area (Å²) >= 11 is 0. The molecule has 1 aliphatic rings. The number of nitrogens with one attached hydrogen (secondary N) is 1. The van der Waals surface area contributed by atoms with Crippen molar-refractivity contribution in [3.05, 3.63) is 35.9 Å². The summed E-state index contributed by atoms with van der Waals surface area (Å²) in [5.74, 6) is -2.20. The normalized spacial score (nSPS) is 15.8. The highest BCUT2D eigenvalue weighted by Gasteiger charge is 2.38. The van der Waals surface area contributed by atoms with Gasteiger partial charge in [0, 0.05) is 39.9 Å². The molecule has 0 radical (unpaired) electrons. The largest absolute Gasteiger partial charge is 0.490 e. The van der Waals surface area contributed by atoms with Gasteiger partial charge in [0.2, 0.25) is 0 Å². The third-order valence-corrected chi connectivity index (χ3v) is 5.06. The Balaban J connectivity index is 0.000000509. The lowest BCUT2D eigenvalue weighted by molar-refractivity contribution is -0.192. The van der Waals surface area contributed by atoms with E-state index in [9.17, 15) is 22.8 Å². The molecule has 2 aromatic heterocycles. The quantitative estimate of drug-likeness (QED) is 0.670. The first-order chi connectivity index (χ1) is 15.8. The maximum Gasteiger partial charge on any atom is 0.490 e. The number of urea groups is 1. The van der Waals surface area contributed by atoms with E-state index in [1.807, 2.05) is 52.7 Å². The molecule has 10 nitrogen and oxygen atoms in total. The summed E-state index contributed by atoms with van der Waals surface area (Å²) < 4.78 is 33.7. The number of aromatic nitrogens is 2. The highest BCUT2D eigenvalue weighted by molar-refractivity contribution is 5.99. The smallest absolute Gasteiger partial charge is 0.475 e. The monoisotopic (exact) mass is 486 g/mol. The zero-order valence-corrected chi connectivity index (χ0v) is 19.5. The van der Waals surface area contributed by atoms with Gasteiger partial charge in [-0.1, -0.05) is 6.07 Å². The van der Waals surface area contributed by atoms with Crippen molar-refractivity contribution in [2.24, 2.45) is 0 Å². The number of halogens is 3. The molecule has 0 spiro atoms. The number of imidazole rings is 1. The first-order valence-corrected chi connectivity index (χ1v) is 10.5. The van der Waals surface area contributed by atoms with E-state index < -0.39 is 12.1 Å². The first-order valence-electron chi connectivity index (χ1n) is 10.5. The van der Waals surface area contributed by atoms with Crippen LogP contribution in [0.1, 0.15) is 35.2 Å². The van der Waals surface area contributed by atoms with E-state index >= 15 is 0 Å². The van der Waals surface area contributed by atoms with Crippen molar-refractivity contribution in [2.45, 2.75) is 25.1 Å². The molecule has 188 valence electrons. The Bertz CT molecular complexity index is 1020. The van der Waals surface area contributed by atoms with Crippen LogP contribution in [0.5, 0.6) is 0 Å². The van der Waals surface area contributed by atoms with Crippen LogP contribution in [0.25, 0.3) is 5.52 Å². The summed E-state index contributed by atoms with van der Waals surface area (Å²) in [6.45, 7) is 2.02. The van der Waals surface area contributed by atoms with E-state index in [-0.39, 0.29) is 18.0 Å². The number of carbonyl (C=O) groups is 3. The maximum absolute atomic E-state index is 12.7. The Morgan fingerprint density at radius 3 is 2.41 bits per heavy atom. The number of nitrogens with zero attached hydrogens (tertiary/aromatic N) is 5. The van der Waals surface area contributed by atoms with Crippen LogP contribution < -0.4 is 5.32 Å². The molecule has 2 N–H and O–H groups in total. The zero-order valence-electron chi connectivity index (χ0n) is 19.5. The fourth-order valence-corrected chi connectivity index (χ4v) is 3.46. The Morgan fingerprint density at radius 2 is 1.85 bits per heavy atom. The van der Waals surface area contributed by atoms with Crippen LogP contribution in [0, 0.1) is 0 Å². The number of carboxylic acids is 1. The molecular weight excluding hydrogens is 457 g/mol. The van der Waals surface area contributed by atoms with Crippen LogP contribution in [-0.4, -0.2) is 101 Å². The van der Waals surface area contributed by atoms with Gasteiger partial charge < -0.3 is 29.5 Å². The minimum Gasteiger partial charge on any atom is -0.475 e. The highest BCUT2D eigenvalue weighted by atomic mass is 19.4. The number of likely N-dealkylation sites (tertiary alicyclic amines) is 1. The van der Waals surface area contributed by atoms with Crippen molar-refractivity contribution in [2.75, 3.05) is 47.8 Å². The second-order valence-corrected chi connectivity index (χ2v) is 8.17. The van der Waals surface area contributed by atoms with E-state index in [2.05, 4.69) is 10.3 Å². The van der Waals surface area contributed by atoms with Gasteiger partial charge in [-0.15, -0.1) is 0 Å². The van der Waals surface area contributed by atoms with Crippen LogP contribution in [0.2, 0.25) is 0 Å². The Morgan fingerprint density at radius 1 is 1.21 bits per heavy atom. The fourth-order valence-electron chi connectivity index (χ4n) is 3.46. The second-order valence-electron chi connectivity index (χ2n) is 8.17. The minimum absolute atomic E-state index is 0.0258. The van der Waals surface area contributed by atoms with E-state index in [4.69, 9.17) is 9.90 Å². The van der Waals surface area contributed by atoms with Gasteiger partial charge in [0.05, 0.1) is 11.6 Å². The van der Waals surface area contributed by atoms with Crippen molar-refractivity contribution in [3.63, 3.8) is 0 Å². The number of hydrogen-bond acceptors (Lipinski definition) is 5. The molecule has 3 heterocycles. The molecule has 0 bridgehead atoms. The fraction of sp³-hybridized carbons (Fsp3) is 0.524. The molecule has 3 amide bonds. The van der Waals surface area contributed by atoms with E-state index in [1.54, 1.807) is 19.0 Å². The van der Waals surface area contributed by atoms with Crippen molar-refractivity contribution < 1.29 is 32.7 Å². The molecule has 0 saturated carbocycles. The minimum atomic E-state index is -5.08. The lowest BCUT2D eigenvalue weighted by Crippen LogP contribution is -2.39. The average Bonchev–Trinajstić information content (AvgIpc) is 3.37. The Hall–Kier alpha value is -3.35. The van der Waals surface area contributed by atoms with Gasteiger partial charge in [0.15, 0.2) is 5.69 Å². The molecule has 1 aliphatic heterocycles. The van der Waals surface area contributed by atoms with Crippen molar-refractivity contribution in [1.29, 1.82) is 0 Å². The number of hydrogen-bond donors (Lipinski definition) is 2. The lowest BCUT2D eigenvalue weighted by Gasteiger charge is -2.27. The number of carboxylic acid groups (broad SMARTS) is 1. The molecule has 0 aromatic carbocycles. The van der Waals surface area contributed by atoms with Gasteiger partial charge in [-0.25, -0.2) is 14.6 Å². The van der Waals surface area contributed by atoms with Crippen LogP contribution in [-0.2, 0) is 4.79 Å². The molecule has 0 aliphatic carbocycles. The maximum atomic E-state index is 12.7. The molecular formula is C21H29F3N6O4. The molecule has 1 unspecified atom stereocenters. The molecule has 3 rings (SSSR count). The number of alkyl halides is 3. The molecule has 1 fully saturated rings. The van der Waals surface area contributed by atoms with Crippen molar-refractivity contribution in [3.8, 4) is 0 Å². The van der Waals surface area contributed by atoms with Crippen LogP contribution >= 0.6 is 0 Å². The third-order valence-electron chi connectivity index (χ3n) is 5.06. The molecule has 1 saturated heterocycles. The topological polar surface area (TPSA) is 110 Å². The van der Waals surface area contributed by atoms with Crippen molar-refractivity contribution in [1.82, 2.24) is 29.4 Å². The van der Waals surface area contributed by atoms with Crippen LogP contribution in [0.4, 0.5) is 18.0 Å². The van der Waals surface area contributed by atoms with Gasteiger partial charge in [0.1, 0.15) is 5.82 Å². The number of carbonyl (C=O) groups excluding carboxylic acids is 2. The summed E-state index contributed by atoms with van der Waals surface area (Å²) in [5.41, 5.74) is 1.17. The molecule has 34 heavy (non-hydrogen) atoms. The Labute approximate surface area is 194 Å². The van der Waals surface area contributed by atoms with Gasteiger partial charge >= 0.3 is 18.2 Å². The van der Waals surface area contributed by atoms with Gasteiger partial charge in [0.25, 0.3) is 5.91 Å². The summed E-state index contributed by atoms with van der Waals surface area (Å²) in [7, 11) is 7.44. The standard InChI is InChI=1S/C19H28N6O2.C2HF3O2/c1-22(2)13-10-20-18(26)16-14-8-5-6-11-24(14)17(21-16)15-9-7-12-25(15)19(27)23(3)4;3-2(4,5)1(6)7/h5-6,8,11,15H,7,9-10,12-13H2,1-4H3,(H,20,26);(H,6,7). The first kappa shape index (κ1) is 26.9. The molecule has 1 atom stereocenters. The van der Waals surface area contributed by atoms with Crippen LogP contribution in [0.15, 0.2) is 24.4 Å².